The Hall–Kier alpha value is -1.40. The summed E-state index contributed by atoms with van der Waals surface area (Å²) in [4.78, 5) is 12.9. The van der Waals surface area contributed by atoms with Crippen molar-refractivity contribution in [2.45, 2.75) is 76.3 Å². The topological polar surface area (TPSA) is 66.5 Å². The van der Waals surface area contributed by atoms with Gasteiger partial charge < -0.3 is 5.32 Å². The van der Waals surface area contributed by atoms with E-state index in [1.807, 2.05) is 13.8 Å². The van der Waals surface area contributed by atoms with E-state index in [2.05, 4.69) is 12.2 Å². The molecule has 1 unspecified atom stereocenters. The Kier molecular flexibility index (Phi) is 7.02. The second kappa shape index (κ2) is 8.81. The molecule has 140 valence electrons. The molecule has 2 rings (SSSR count). The largest absolute Gasteiger partial charge is 0.352 e. The van der Waals surface area contributed by atoms with Crippen molar-refractivity contribution >= 4 is 15.9 Å². The summed E-state index contributed by atoms with van der Waals surface area (Å²) in [7, 11) is -3.63. The minimum Gasteiger partial charge on any atom is -0.352 e. The lowest BCUT2D eigenvalue weighted by Gasteiger charge is -2.25. The Morgan fingerprint density at radius 2 is 1.96 bits per heavy atom. The number of carbonyl (C=O) groups is 1. The summed E-state index contributed by atoms with van der Waals surface area (Å²) in [6.45, 7) is 6.46. The van der Waals surface area contributed by atoms with Crippen molar-refractivity contribution < 1.29 is 13.2 Å². The molecule has 1 heterocycles. The lowest BCUT2D eigenvalue weighted by Crippen LogP contribution is -2.48. The number of sulfonamides is 1. The van der Waals surface area contributed by atoms with Crippen LogP contribution in [0.4, 0.5) is 0 Å². The van der Waals surface area contributed by atoms with Gasteiger partial charge in [-0.15, -0.1) is 0 Å². The maximum absolute atomic E-state index is 12.9. The quantitative estimate of drug-likeness (QED) is 0.718. The summed E-state index contributed by atoms with van der Waals surface area (Å²) in [6.07, 6.45) is 5.60. The summed E-state index contributed by atoms with van der Waals surface area (Å²) in [5.41, 5.74) is 1.01. The minimum absolute atomic E-state index is 0.0728. The van der Waals surface area contributed by atoms with Gasteiger partial charge in [-0.05, 0) is 45.2 Å². The lowest BCUT2D eigenvalue weighted by atomic mass is 10.1. The Labute approximate surface area is 151 Å². The number of carbonyl (C=O) groups excluding carboxylic acids is 1. The summed E-state index contributed by atoms with van der Waals surface area (Å²) in [5, 5.41) is 3.00. The molecule has 6 heteroatoms. The average molecular weight is 367 g/mol. The zero-order valence-electron chi connectivity index (χ0n) is 15.5. The zero-order valence-corrected chi connectivity index (χ0v) is 16.3. The summed E-state index contributed by atoms with van der Waals surface area (Å²) in [6, 6.07) is 6.28. The zero-order chi connectivity index (χ0) is 18.4. The molecule has 1 fully saturated rings. The predicted molar refractivity (Wildman–Crippen MR) is 99.8 cm³/mol. The second-order valence-electron chi connectivity index (χ2n) is 6.99. The third kappa shape index (κ3) is 5.05. The van der Waals surface area contributed by atoms with E-state index in [1.54, 1.807) is 24.3 Å². The molecule has 1 N–H and O–H groups in total. The van der Waals surface area contributed by atoms with E-state index in [4.69, 9.17) is 0 Å². The molecule has 0 bridgehead atoms. The van der Waals surface area contributed by atoms with Crippen LogP contribution >= 0.6 is 0 Å². The molecule has 1 aliphatic heterocycles. The van der Waals surface area contributed by atoms with Crippen LogP contribution in [0.2, 0.25) is 0 Å². The number of benzene rings is 1. The molecule has 5 nitrogen and oxygen atoms in total. The fourth-order valence-electron chi connectivity index (χ4n) is 3.25. The number of hydrogen-bond donors (Lipinski definition) is 1. The van der Waals surface area contributed by atoms with Crippen molar-refractivity contribution in [1.82, 2.24) is 9.62 Å². The minimum atomic E-state index is -3.63. The number of aryl methyl sites for hydroxylation is 1. The van der Waals surface area contributed by atoms with Crippen LogP contribution in [0.1, 0.15) is 57.9 Å². The molecule has 0 aromatic heterocycles. The van der Waals surface area contributed by atoms with Crippen molar-refractivity contribution in [1.29, 1.82) is 0 Å². The number of nitrogens with zero attached hydrogens (tertiary/aromatic N) is 1. The van der Waals surface area contributed by atoms with Crippen LogP contribution < -0.4 is 5.32 Å². The number of hydrogen-bond acceptors (Lipinski definition) is 3. The first kappa shape index (κ1) is 19.9. The van der Waals surface area contributed by atoms with Gasteiger partial charge in [-0.2, -0.15) is 4.31 Å². The van der Waals surface area contributed by atoms with Crippen molar-refractivity contribution in [3.63, 3.8) is 0 Å². The molecule has 0 saturated carbocycles. The molecule has 1 aromatic rings. The second-order valence-corrected chi connectivity index (χ2v) is 8.88. The molecule has 1 aliphatic rings. The van der Waals surface area contributed by atoms with E-state index in [9.17, 15) is 13.2 Å². The Bertz CT molecular complexity index is 670. The molecule has 1 saturated heterocycles. The smallest absolute Gasteiger partial charge is 0.243 e. The van der Waals surface area contributed by atoms with E-state index in [1.165, 1.54) is 4.31 Å². The maximum atomic E-state index is 12.9. The van der Waals surface area contributed by atoms with E-state index in [0.29, 0.717) is 19.4 Å². The SMILES string of the molecule is CCCCCC(C)NC(=O)[C@@H]1CCCN1S(=O)(=O)c1ccc(C)cc1. The standard InChI is InChI=1S/C19H30N2O3S/c1-4-5-6-8-16(3)20-19(22)18-9-7-14-21(18)25(23,24)17-12-10-15(2)11-13-17/h10-13,16,18H,4-9,14H2,1-3H3,(H,20,22)/t16?,18-/m0/s1. The van der Waals surface area contributed by atoms with Gasteiger partial charge >= 0.3 is 0 Å². The molecule has 2 atom stereocenters. The van der Waals surface area contributed by atoms with Gasteiger partial charge in [-0.1, -0.05) is 43.9 Å². The van der Waals surface area contributed by atoms with Crippen LogP contribution in [-0.4, -0.2) is 37.3 Å². The average Bonchev–Trinajstić information content (AvgIpc) is 3.06. The fourth-order valence-corrected chi connectivity index (χ4v) is 4.90. The highest BCUT2D eigenvalue weighted by Crippen LogP contribution is 2.26. The summed E-state index contributed by atoms with van der Waals surface area (Å²) >= 11 is 0. The number of nitrogens with one attached hydrogen (secondary N) is 1. The fraction of sp³-hybridized carbons (Fsp3) is 0.632. The van der Waals surface area contributed by atoms with E-state index in [0.717, 1.165) is 31.2 Å². The molecule has 1 aromatic carbocycles. The first-order valence-electron chi connectivity index (χ1n) is 9.25. The van der Waals surface area contributed by atoms with E-state index in [-0.39, 0.29) is 16.8 Å². The number of unbranched alkanes of at least 4 members (excludes halogenated alkanes) is 2. The van der Waals surface area contributed by atoms with Gasteiger partial charge in [-0.25, -0.2) is 8.42 Å². The van der Waals surface area contributed by atoms with Gasteiger partial charge in [0.25, 0.3) is 0 Å². The Morgan fingerprint density at radius 1 is 1.28 bits per heavy atom. The Morgan fingerprint density at radius 3 is 2.60 bits per heavy atom. The molecule has 25 heavy (non-hydrogen) atoms. The van der Waals surface area contributed by atoms with Crippen molar-refractivity contribution in [2.75, 3.05) is 6.54 Å². The van der Waals surface area contributed by atoms with Gasteiger partial charge in [0.05, 0.1) is 4.90 Å². The third-order valence-corrected chi connectivity index (χ3v) is 6.69. The van der Waals surface area contributed by atoms with Gasteiger partial charge in [0.2, 0.25) is 15.9 Å². The predicted octanol–water partition coefficient (Wildman–Crippen LogP) is 3.23. The van der Waals surface area contributed by atoms with Gasteiger partial charge in [0.1, 0.15) is 6.04 Å². The van der Waals surface area contributed by atoms with Crippen LogP contribution in [0.3, 0.4) is 0 Å². The third-order valence-electron chi connectivity index (χ3n) is 4.76. The van der Waals surface area contributed by atoms with Gasteiger partial charge in [0, 0.05) is 12.6 Å². The lowest BCUT2D eigenvalue weighted by molar-refractivity contribution is -0.124. The highest BCUT2D eigenvalue weighted by molar-refractivity contribution is 7.89. The Balaban J connectivity index is 2.06. The molecule has 1 amide bonds. The molecule has 0 aliphatic carbocycles. The van der Waals surface area contributed by atoms with Gasteiger partial charge in [-0.3, -0.25) is 4.79 Å². The van der Waals surface area contributed by atoms with Crippen molar-refractivity contribution in [2.24, 2.45) is 0 Å². The van der Waals surface area contributed by atoms with E-state index >= 15 is 0 Å². The van der Waals surface area contributed by atoms with Crippen molar-refractivity contribution in [3.05, 3.63) is 29.8 Å². The van der Waals surface area contributed by atoms with Gasteiger partial charge in [0.15, 0.2) is 0 Å². The molecule has 0 spiro atoms. The van der Waals surface area contributed by atoms with Crippen LogP contribution in [-0.2, 0) is 14.8 Å². The van der Waals surface area contributed by atoms with Crippen LogP contribution in [0, 0.1) is 6.92 Å². The first-order valence-corrected chi connectivity index (χ1v) is 10.7. The summed E-state index contributed by atoms with van der Waals surface area (Å²) < 4.78 is 27.2. The van der Waals surface area contributed by atoms with E-state index < -0.39 is 16.1 Å². The highest BCUT2D eigenvalue weighted by atomic mass is 32.2. The maximum Gasteiger partial charge on any atom is 0.243 e. The molecule has 0 radical (unpaired) electrons. The van der Waals surface area contributed by atoms with Crippen molar-refractivity contribution in [3.8, 4) is 0 Å². The normalized spacial score (nSPS) is 19.7. The number of rotatable bonds is 8. The highest BCUT2D eigenvalue weighted by Gasteiger charge is 2.39. The summed E-state index contributed by atoms with van der Waals surface area (Å²) in [5.74, 6) is -0.169. The monoisotopic (exact) mass is 366 g/mol. The van der Waals surface area contributed by atoms with Crippen LogP contribution in [0.5, 0.6) is 0 Å². The molecular formula is C19H30N2O3S. The molecular weight excluding hydrogens is 336 g/mol. The first-order chi connectivity index (χ1) is 11.9. The van der Waals surface area contributed by atoms with Crippen LogP contribution in [0.15, 0.2) is 29.2 Å². The number of amides is 1. The van der Waals surface area contributed by atoms with Crippen LogP contribution in [0.25, 0.3) is 0 Å².